The summed E-state index contributed by atoms with van der Waals surface area (Å²) in [5.41, 5.74) is 0. The lowest BCUT2D eigenvalue weighted by Gasteiger charge is -2.34. The summed E-state index contributed by atoms with van der Waals surface area (Å²) < 4.78 is 4.29. The molecule has 1 atom stereocenters. The highest BCUT2D eigenvalue weighted by atomic mass is 16.5. The van der Waals surface area contributed by atoms with E-state index < -0.39 is 0 Å². The van der Waals surface area contributed by atoms with E-state index in [0.29, 0.717) is 11.8 Å². The molecule has 2 fully saturated rings. The molecular formula is C13H25N2O2+. The molecule has 2 N–H and O–H groups in total. The zero-order chi connectivity index (χ0) is 12.1. The quantitative estimate of drug-likeness (QED) is 0.732. The number of ether oxygens (including phenoxy) is 1. The highest BCUT2D eigenvalue weighted by molar-refractivity contribution is 5.82. The Bertz CT molecular complexity index is 246. The summed E-state index contributed by atoms with van der Waals surface area (Å²) in [6, 6.07) is 0.0356. The maximum absolute atomic E-state index is 12.5. The standard InChI is InChI=1S/C13H24N2O2/c1-14-12(11-5-3-2-4-6-11)13(16)15-7-9-17-10-8-15/h11-12,14H,2-10H2,1H3/p+1/t12-/m0/s1. The van der Waals surface area contributed by atoms with Gasteiger partial charge in [0.2, 0.25) is 5.91 Å². The largest absolute Gasteiger partial charge is 0.431 e. The van der Waals surface area contributed by atoms with Crippen molar-refractivity contribution in [2.75, 3.05) is 33.4 Å². The zero-order valence-corrected chi connectivity index (χ0v) is 10.8. The number of hydrogen-bond donors (Lipinski definition) is 1. The van der Waals surface area contributed by atoms with Gasteiger partial charge in [0.15, 0.2) is 13.2 Å². The lowest BCUT2D eigenvalue weighted by atomic mass is 9.83. The second kappa shape index (κ2) is 6.36. The first kappa shape index (κ1) is 12.8. The molecule has 98 valence electrons. The van der Waals surface area contributed by atoms with E-state index in [1.54, 1.807) is 0 Å². The van der Waals surface area contributed by atoms with Gasteiger partial charge >= 0.3 is 0 Å². The highest BCUT2D eigenvalue weighted by Gasteiger charge is 2.32. The molecule has 0 spiro atoms. The van der Waals surface area contributed by atoms with E-state index in [0.717, 1.165) is 26.3 Å². The van der Waals surface area contributed by atoms with Gasteiger partial charge in [-0.2, -0.15) is 0 Å². The number of likely N-dealkylation sites (N-methyl/N-ethyl adjacent to an activating group) is 1. The van der Waals surface area contributed by atoms with Gasteiger partial charge in [-0.1, -0.05) is 19.3 Å². The van der Waals surface area contributed by atoms with Crippen molar-refractivity contribution in [3.8, 4) is 0 Å². The molecule has 0 radical (unpaired) electrons. The van der Waals surface area contributed by atoms with E-state index in [-0.39, 0.29) is 6.04 Å². The first-order valence-electron chi connectivity index (χ1n) is 6.92. The third-order valence-electron chi connectivity index (χ3n) is 4.07. The summed E-state index contributed by atoms with van der Waals surface area (Å²) in [4.78, 5) is 14.4. The molecule has 0 aromatic heterocycles. The molecule has 0 aromatic carbocycles. The smallest absolute Gasteiger partial charge is 0.240 e. The molecule has 0 bridgehead atoms. The topological polar surface area (TPSA) is 45.1 Å². The van der Waals surface area contributed by atoms with E-state index in [9.17, 15) is 4.79 Å². The normalized spacial score (nSPS) is 24.6. The van der Waals surface area contributed by atoms with Gasteiger partial charge < -0.3 is 15.0 Å². The molecule has 17 heavy (non-hydrogen) atoms. The molecule has 1 aliphatic carbocycles. The van der Waals surface area contributed by atoms with Crippen LogP contribution in [0.3, 0.4) is 0 Å². The molecule has 1 saturated heterocycles. The maximum atomic E-state index is 12.5. The fourth-order valence-electron chi connectivity index (χ4n) is 3.05. The third kappa shape index (κ3) is 3.19. The molecule has 1 heterocycles. The predicted octanol–water partition coefficient (Wildman–Crippen LogP) is 0.525. The van der Waals surface area contributed by atoms with Gasteiger partial charge in [0.1, 0.15) is 0 Å². The van der Waals surface area contributed by atoms with Gasteiger partial charge in [0.05, 0.1) is 19.1 Å². The first-order valence-corrected chi connectivity index (χ1v) is 6.92. The van der Waals surface area contributed by atoms with Crippen LogP contribution in [0.4, 0.5) is 0 Å². The highest BCUT2D eigenvalue weighted by Crippen LogP contribution is 2.27. The van der Waals surface area contributed by atoms with Gasteiger partial charge in [-0.25, -0.2) is 0 Å². The van der Waals surface area contributed by atoms with Crippen molar-refractivity contribution < 1.29 is 9.53 Å². The minimum absolute atomic E-state index is 0.0356. The van der Waals surface area contributed by atoms with Crippen molar-refractivity contribution >= 4 is 5.91 Å². The van der Waals surface area contributed by atoms with Crippen LogP contribution in [0.2, 0.25) is 0 Å². The fraction of sp³-hybridized carbons (Fsp3) is 0.923. The summed E-state index contributed by atoms with van der Waals surface area (Å²) in [5.74, 6) is 0.842. The molecule has 1 amide bonds. The van der Waals surface area contributed by atoms with Crippen molar-refractivity contribution in [1.82, 2.24) is 10.2 Å². The number of carbonyl (C=O) groups is 1. The number of carbonyl (C=O) groups excluding carboxylic acids is 1. The average Bonchev–Trinajstić information content (AvgIpc) is 2.42. The minimum Gasteiger partial charge on any atom is -0.431 e. The van der Waals surface area contributed by atoms with Crippen LogP contribution >= 0.6 is 0 Å². The number of rotatable bonds is 3. The molecular weight excluding hydrogens is 216 g/mol. The molecule has 0 unspecified atom stereocenters. The molecule has 1 aliphatic heterocycles. The molecule has 4 heteroatoms. The van der Waals surface area contributed by atoms with Crippen molar-refractivity contribution in [3.05, 3.63) is 0 Å². The third-order valence-corrected chi connectivity index (χ3v) is 4.07. The van der Waals surface area contributed by atoms with Crippen molar-refractivity contribution in [2.45, 2.75) is 38.1 Å². The summed E-state index contributed by atoms with van der Waals surface area (Å²) in [6.45, 7) is 3.24. The average molecular weight is 241 g/mol. The van der Waals surface area contributed by atoms with Crippen LogP contribution in [0.25, 0.3) is 0 Å². The Morgan fingerprint density at radius 1 is 1.24 bits per heavy atom. The Morgan fingerprint density at radius 3 is 2.47 bits per heavy atom. The SMILES string of the molecule is CN[C@H](C(=O)N1CC[OH+]CC1)C1CCCCC1. The van der Waals surface area contributed by atoms with Crippen LogP contribution in [0.5, 0.6) is 0 Å². The van der Waals surface area contributed by atoms with Crippen LogP contribution in [-0.4, -0.2) is 54.9 Å². The Kier molecular flexibility index (Phi) is 4.80. The molecule has 0 aromatic rings. The zero-order valence-electron chi connectivity index (χ0n) is 10.8. The first-order chi connectivity index (χ1) is 8.33. The van der Waals surface area contributed by atoms with Crippen molar-refractivity contribution in [1.29, 1.82) is 0 Å². The lowest BCUT2D eigenvalue weighted by molar-refractivity contribution is -0.148. The Morgan fingerprint density at radius 2 is 1.88 bits per heavy atom. The van der Waals surface area contributed by atoms with Crippen molar-refractivity contribution in [3.63, 3.8) is 0 Å². The Balaban J connectivity index is 1.93. The number of hydrogen-bond acceptors (Lipinski definition) is 2. The van der Waals surface area contributed by atoms with Gasteiger partial charge in [-0.15, -0.1) is 0 Å². The van der Waals surface area contributed by atoms with Crippen LogP contribution < -0.4 is 5.32 Å². The lowest BCUT2D eigenvalue weighted by Crippen LogP contribution is -2.53. The summed E-state index contributed by atoms with van der Waals surface area (Å²) in [5, 5.41) is 3.25. The number of morpholine rings is 1. The molecule has 2 aliphatic rings. The second-order valence-corrected chi connectivity index (χ2v) is 5.16. The number of nitrogens with zero attached hydrogens (tertiary/aromatic N) is 1. The van der Waals surface area contributed by atoms with E-state index in [1.807, 2.05) is 11.9 Å². The van der Waals surface area contributed by atoms with E-state index in [1.165, 1.54) is 32.1 Å². The van der Waals surface area contributed by atoms with Crippen LogP contribution in [-0.2, 0) is 4.79 Å². The maximum Gasteiger partial charge on any atom is 0.240 e. The monoisotopic (exact) mass is 241 g/mol. The number of nitrogens with one attached hydrogen (secondary N) is 1. The number of amides is 1. The predicted molar refractivity (Wildman–Crippen MR) is 68.0 cm³/mol. The summed E-state index contributed by atoms with van der Waals surface area (Å²) in [7, 11) is 1.92. The number of aliphatic hydroxyl groups is 2. The fourth-order valence-corrected chi connectivity index (χ4v) is 3.05. The molecule has 2 rings (SSSR count). The van der Waals surface area contributed by atoms with Crippen molar-refractivity contribution in [2.24, 2.45) is 5.92 Å². The summed E-state index contributed by atoms with van der Waals surface area (Å²) in [6.07, 6.45) is 6.31. The second-order valence-electron chi connectivity index (χ2n) is 5.16. The summed E-state index contributed by atoms with van der Waals surface area (Å²) >= 11 is 0. The Hall–Kier alpha value is -0.610. The van der Waals surface area contributed by atoms with Gasteiger partial charge in [-0.05, 0) is 25.8 Å². The van der Waals surface area contributed by atoms with E-state index in [2.05, 4.69) is 10.1 Å². The van der Waals surface area contributed by atoms with Gasteiger partial charge in [0, 0.05) is 0 Å². The Labute approximate surface area is 104 Å². The van der Waals surface area contributed by atoms with Gasteiger partial charge in [-0.3, -0.25) is 4.79 Å². The molecule has 4 nitrogen and oxygen atoms in total. The van der Waals surface area contributed by atoms with Crippen LogP contribution in [0.1, 0.15) is 32.1 Å². The van der Waals surface area contributed by atoms with E-state index >= 15 is 0 Å². The molecule has 1 saturated carbocycles. The van der Waals surface area contributed by atoms with Gasteiger partial charge in [0.25, 0.3) is 0 Å². The van der Waals surface area contributed by atoms with Crippen LogP contribution in [0.15, 0.2) is 0 Å². The van der Waals surface area contributed by atoms with E-state index in [4.69, 9.17) is 0 Å². The van der Waals surface area contributed by atoms with Crippen LogP contribution in [0, 0.1) is 5.92 Å². The minimum atomic E-state index is 0.0356.